The number of rotatable bonds is 4. The summed E-state index contributed by atoms with van der Waals surface area (Å²) in [4.78, 5) is 11.1. The Morgan fingerprint density at radius 3 is 2.82 bits per heavy atom. The highest BCUT2D eigenvalue weighted by molar-refractivity contribution is 5.88. The van der Waals surface area contributed by atoms with Crippen molar-refractivity contribution in [3.8, 4) is 0 Å². The lowest BCUT2D eigenvalue weighted by molar-refractivity contribution is -0.147. The molecule has 0 amide bonds. The highest BCUT2D eigenvalue weighted by Gasteiger charge is 2.28. The van der Waals surface area contributed by atoms with Crippen LogP contribution in [0.5, 0.6) is 0 Å². The van der Waals surface area contributed by atoms with Crippen LogP contribution in [0.3, 0.4) is 0 Å². The smallest absolute Gasteiger partial charge is 0.314 e. The summed E-state index contributed by atoms with van der Waals surface area (Å²) in [5, 5.41) is 6.93. The van der Waals surface area contributed by atoms with Crippen LogP contribution in [0.1, 0.15) is 26.2 Å². The third-order valence-electron chi connectivity index (χ3n) is 1.75. The number of nitrogens with one attached hydrogen (secondary N) is 1. The molecule has 1 rings (SSSR count). The van der Waals surface area contributed by atoms with E-state index in [9.17, 15) is 4.79 Å². The van der Waals surface area contributed by atoms with Gasteiger partial charge in [0.15, 0.2) is 0 Å². The van der Waals surface area contributed by atoms with Crippen molar-refractivity contribution in [2.24, 2.45) is 5.92 Å². The average molecular weight is 155 g/mol. The molecule has 1 atom stereocenters. The maximum atomic E-state index is 11.1. The molecule has 0 radical (unpaired) electrons. The lowest BCUT2D eigenvalue weighted by Gasteiger charge is -2.07. The van der Waals surface area contributed by atoms with Gasteiger partial charge in [-0.25, -0.2) is 0 Å². The van der Waals surface area contributed by atoms with E-state index in [-0.39, 0.29) is 18.0 Å². The van der Waals surface area contributed by atoms with Crippen molar-refractivity contribution in [3.05, 3.63) is 0 Å². The Hall–Kier alpha value is -0.860. The molecule has 3 nitrogen and oxygen atoms in total. The molecular formula is C8H13NO2. The fourth-order valence-electron chi connectivity index (χ4n) is 0.790. The molecule has 0 unspecified atom stereocenters. The van der Waals surface area contributed by atoms with E-state index in [2.05, 4.69) is 0 Å². The van der Waals surface area contributed by atoms with E-state index in [4.69, 9.17) is 10.1 Å². The Bertz CT molecular complexity index is 163. The van der Waals surface area contributed by atoms with E-state index in [0.29, 0.717) is 6.42 Å². The van der Waals surface area contributed by atoms with Gasteiger partial charge in [-0.15, -0.1) is 0 Å². The maximum Gasteiger partial charge on any atom is 0.314 e. The first-order valence-corrected chi connectivity index (χ1v) is 3.99. The number of hydrogen-bond donors (Lipinski definition) is 1. The van der Waals surface area contributed by atoms with E-state index in [1.54, 1.807) is 0 Å². The van der Waals surface area contributed by atoms with Crippen molar-refractivity contribution in [1.82, 2.24) is 0 Å². The van der Waals surface area contributed by atoms with E-state index in [1.165, 1.54) is 0 Å². The first-order chi connectivity index (χ1) is 5.27. The molecule has 0 aromatic carbocycles. The zero-order chi connectivity index (χ0) is 8.27. The molecule has 0 bridgehead atoms. The van der Waals surface area contributed by atoms with Gasteiger partial charge in [-0.3, -0.25) is 4.79 Å². The zero-order valence-electron chi connectivity index (χ0n) is 6.67. The summed E-state index contributed by atoms with van der Waals surface area (Å²) >= 11 is 0. The molecule has 3 heteroatoms. The topological polar surface area (TPSA) is 50.2 Å². The molecule has 0 spiro atoms. The van der Waals surface area contributed by atoms with Crippen LogP contribution in [0.4, 0.5) is 0 Å². The number of carbonyl (C=O) groups is 1. The van der Waals surface area contributed by atoms with Crippen molar-refractivity contribution in [1.29, 1.82) is 5.41 Å². The van der Waals surface area contributed by atoms with E-state index < -0.39 is 0 Å². The first-order valence-electron chi connectivity index (χ1n) is 3.99. The van der Waals surface area contributed by atoms with Crippen LogP contribution in [0, 0.1) is 11.3 Å². The summed E-state index contributed by atoms with van der Waals surface area (Å²) in [5.74, 6) is -0.555. The average Bonchev–Trinajstić information content (AvgIpc) is 2.74. The van der Waals surface area contributed by atoms with Crippen LogP contribution >= 0.6 is 0 Å². The molecule has 1 N–H and O–H groups in total. The van der Waals surface area contributed by atoms with Gasteiger partial charge >= 0.3 is 5.97 Å². The summed E-state index contributed by atoms with van der Waals surface area (Å²) in [6.07, 6.45) is 3.98. The molecule has 0 aliphatic heterocycles. The number of carbonyl (C=O) groups excluding carboxylic acids is 1. The van der Waals surface area contributed by atoms with E-state index in [0.717, 1.165) is 19.1 Å². The van der Waals surface area contributed by atoms with E-state index >= 15 is 0 Å². The largest absolute Gasteiger partial charge is 0.462 e. The fourth-order valence-corrected chi connectivity index (χ4v) is 0.790. The van der Waals surface area contributed by atoms with Crippen molar-refractivity contribution >= 4 is 12.2 Å². The maximum absolute atomic E-state index is 11.1. The van der Waals surface area contributed by atoms with Crippen LogP contribution in [0.2, 0.25) is 0 Å². The SMILES string of the molecule is CC[C@H](C=N)C(=O)OC1CC1. The summed E-state index contributed by atoms with van der Waals surface area (Å²) in [6.45, 7) is 1.88. The molecule has 1 fully saturated rings. The number of hydrogen-bond acceptors (Lipinski definition) is 3. The van der Waals surface area contributed by atoms with Gasteiger partial charge in [-0.05, 0) is 19.3 Å². The van der Waals surface area contributed by atoms with Gasteiger partial charge in [-0.2, -0.15) is 0 Å². The van der Waals surface area contributed by atoms with Crippen molar-refractivity contribution in [2.45, 2.75) is 32.3 Å². The lowest BCUT2D eigenvalue weighted by atomic mass is 10.1. The number of esters is 1. The molecule has 0 aromatic rings. The Balaban J connectivity index is 2.30. The molecule has 1 saturated carbocycles. The Kier molecular flexibility index (Phi) is 2.63. The van der Waals surface area contributed by atoms with Crippen LogP contribution in [-0.2, 0) is 9.53 Å². The van der Waals surface area contributed by atoms with Gasteiger partial charge in [0.2, 0.25) is 0 Å². The minimum Gasteiger partial charge on any atom is -0.462 e. The predicted octanol–water partition coefficient (Wildman–Crippen LogP) is 1.37. The Labute approximate surface area is 66.2 Å². The van der Waals surface area contributed by atoms with Crippen molar-refractivity contribution in [2.75, 3.05) is 0 Å². The molecule has 62 valence electrons. The number of ether oxygens (including phenoxy) is 1. The fraction of sp³-hybridized carbons (Fsp3) is 0.750. The molecule has 1 aliphatic rings. The quantitative estimate of drug-likeness (QED) is 0.492. The van der Waals surface area contributed by atoms with Crippen molar-refractivity contribution < 1.29 is 9.53 Å². The van der Waals surface area contributed by atoms with Crippen molar-refractivity contribution in [3.63, 3.8) is 0 Å². The first kappa shape index (κ1) is 8.24. The van der Waals surface area contributed by atoms with E-state index in [1.807, 2.05) is 6.92 Å². The minimum absolute atomic E-state index is 0.163. The molecular weight excluding hydrogens is 142 g/mol. The molecule has 11 heavy (non-hydrogen) atoms. The second-order valence-electron chi connectivity index (χ2n) is 2.82. The van der Waals surface area contributed by atoms with Crippen LogP contribution in [0.15, 0.2) is 0 Å². The highest BCUT2D eigenvalue weighted by Crippen LogP contribution is 2.24. The minimum atomic E-state index is -0.324. The van der Waals surface area contributed by atoms with Gasteiger partial charge in [0.25, 0.3) is 0 Å². The van der Waals surface area contributed by atoms with Crippen LogP contribution < -0.4 is 0 Å². The van der Waals surface area contributed by atoms with Crippen LogP contribution in [0.25, 0.3) is 0 Å². The zero-order valence-corrected chi connectivity index (χ0v) is 6.67. The summed E-state index contributed by atoms with van der Waals surface area (Å²) < 4.78 is 5.02. The summed E-state index contributed by atoms with van der Waals surface area (Å²) in [7, 11) is 0. The van der Waals surface area contributed by atoms with Gasteiger partial charge in [0.1, 0.15) is 6.10 Å². The standard InChI is InChI=1S/C8H13NO2/c1-2-6(5-9)8(10)11-7-3-4-7/h5-7,9H,2-4H2,1H3/t6-/m1/s1. The monoisotopic (exact) mass is 155 g/mol. The van der Waals surface area contributed by atoms with Gasteiger partial charge in [0.05, 0.1) is 5.92 Å². The summed E-state index contributed by atoms with van der Waals surface area (Å²) in [6, 6.07) is 0. The Morgan fingerprint density at radius 2 is 2.45 bits per heavy atom. The highest BCUT2D eigenvalue weighted by atomic mass is 16.5. The van der Waals surface area contributed by atoms with Gasteiger partial charge < -0.3 is 10.1 Å². The molecule has 1 aliphatic carbocycles. The third-order valence-corrected chi connectivity index (χ3v) is 1.75. The normalized spacial score (nSPS) is 19.0. The Morgan fingerprint density at radius 1 is 1.82 bits per heavy atom. The summed E-state index contributed by atoms with van der Waals surface area (Å²) in [5.41, 5.74) is 0. The molecule has 0 heterocycles. The second kappa shape index (κ2) is 3.51. The molecule has 0 saturated heterocycles. The third kappa shape index (κ3) is 2.33. The van der Waals surface area contributed by atoms with Gasteiger partial charge in [-0.1, -0.05) is 6.92 Å². The van der Waals surface area contributed by atoms with Gasteiger partial charge in [0, 0.05) is 6.21 Å². The lowest BCUT2D eigenvalue weighted by Crippen LogP contribution is -2.18. The second-order valence-corrected chi connectivity index (χ2v) is 2.82. The predicted molar refractivity (Wildman–Crippen MR) is 41.7 cm³/mol. The van der Waals surface area contributed by atoms with Crippen LogP contribution in [-0.4, -0.2) is 18.3 Å². The molecule has 0 aromatic heterocycles.